The lowest BCUT2D eigenvalue weighted by Crippen LogP contribution is -2.13. The number of hydrogen-bond donors (Lipinski definition) is 1. The van der Waals surface area contributed by atoms with Crippen LogP contribution in [0.1, 0.15) is 15.9 Å². The molecule has 20 heavy (non-hydrogen) atoms. The topological polar surface area (TPSA) is 86.7 Å². The molecule has 3 rings (SSSR count). The average Bonchev–Trinajstić information content (AvgIpc) is 2.75. The Hall–Kier alpha value is -2.76. The maximum absolute atomic E-state index is 11.5. The molecule has 3 aromatic rings. The minimum Gasteiger partial charge on any atom is -0.366 e. The van der Waals surface area contributed by atoms with Gasteiger partial charge in [-0.05, 0) is 24.6 Å². The molecule has 0 saturated carbocycles. The Morgan fingerprint density at radius 1 is 1.35 bits per heavy atom. The normalized spacial score (nSPS) is 10.9. The van der Waals surface area contributed by atoms with Gasteiger partial charge in [-0.1, -0.05) is 0 Å². The van der Waals surface area contributed by atoms with Crippen LogP contribution in [0.25, 0.3) is 22.6 Å². The second kappa shape index (κ2) is 4.41. The first-order chi connectivity index (χ1) is 9.58. The number of nitrogens with zero attached hydrogens (tertiary/aromatic N) is 4. The summed E-state index contributed by atoms with van der Waals surface area (Å²) < 4.78 is 1.84. The third-order valence-electron chi connectivity index (χ3n) is 3.17. The van der Waals surface area contributed by atoms with Crippen LogP contribution in [-0.4, -0.2) is 25.4 Å². The summed E-state index contributed by atoms with van der Waals surface area (Å²) >= 11 is 0. The van der Waals surface area contributed by atoms with E-state index in [0.717, 1.165) is 16.7 Å². The van der Waals surface area contributed by atoms with Crippen molar-refractivity contribution in [3.8, 4) is 11.4 Å². The van der Waals surface area contributed by atoms with Crippen molar-refractivity contribution in [1.82, 2.24) is 19.5 Å². The molecule has 3 heterocycles. The second-order valence-electron chi connectivity index (χ2n) is 4.64. The van der Waals surface area contributed by atoms with Crippen LogP contribution >= 0.6 is 0 Å². The summed E-state index contributed by atoms with van der Waals surface area (Å²) in [6, 6.07) is 3.69. The van der Waals surface area contributed by atoms with Gasteiger partial charge in [-0.15, -0.1) is 0 Å². The number of imidazole rings is 1. The summed E-state index contributed by atoms with van der Waals surface area (Å²) in [5.74, 6) is 0.124. The Bertz CT molecular complexity index is 822. The first kappa shape index (κ1) is 12.3. The van der Waals surface area contributed by atoms with Crippen molar-refractivity contribution < 1.29 is 4.79 Å². The molecule has 0 atom stereocenters. The molecule has 3 aromatic heterocycles. The molecular weight excluding hydrogens is 254 g/mol. The van der Waals surface area contributed by atoms with Gasteiger partial charge in [-0.2, -0.15) is 0 Å². The molecule has 0 aliphatic rings. The minimum atomic E-state index is -0.524. The molecule has 0 aliphatic heterocycles. The Labute approximate surface area is 115 Å². The summed E-state index contributed by atoms with van der Waals surface area (Å²) in [4.78, 5) is 24.4. The second-order valence-corrected chi connectivity index (χ2v) is 4.64. The first-order valence-corrected chi connectivity index (χ1v) is 6.11. The maximum Gasteiger partial charge on any atom is 0.251 e. The minimum absolute atomic E-state index is 0.350. The van der Waals surface area contributed by atoms with E-state index in [-0.39, 0.29) is 0 Å². The highest BCUT2D eigenvalue weighted by Crippen LogP contribution is 2.25. The molecule has 0 aliphatic carbocycles. The molecule has 0 bridgehead atoms. The molecule has 1 amide bonds. The number of aromatic nitrogens is 4. The zero-order valence-corrected chi connectivity index (χ0v) is 11.2. The van der Waals surface area contributed by atoms with Gasteiger partial charge in [0.2, 0.25) is 0 Å². The third kappa shape index (κ3) is 1.82. The van der Waals surface area contributed by atoms with E-state index in [2.05, 4.69) is 15.0 Å². The average molecular weight is 267 g/mol. The van der Waals surface area contributed by atoms with Crippen molar-refractivity contribution in [2.75, 3.05) is 0 Å². The number of hydrogen-bond acceptors (Lipinski definition) is 4. The number of aryl methyl sites for hydroxylation is 2. The Kier molecular flexibility index (Phi) is 2.71. The standard InChI is InChI=1S/C14H13N5O/c1-8-5-11-14(17-6-8)19(2)13(18-11)9-3-4-16-7-10(9)12(15)20/h3-7H,1-2H3,(H2,15,20). The molecule has 6 nitrogen and oxygen atoms in total. The van der Waals surface area contributed by atoms with Crippen LogP contribution in [0.5, 0.6) is 0 Å². The molecule has 0 unspecified atom stereocenters. The highest BCUT2D eigenvalue weighted by molar-refractivity contribution is 5.99. The van der Waals surface area contributed by atoms with Crippen molar-refractivity contribution in [3.05, 3.63) is 41.9 Å². The lowest BCUT2D eigenvalue weighted by molar-refractivity contribution is 0.100. The van der Waals surface area contributed by atoms with E-state index in [1.807, 2.05) is 24.6 Å². The van der Waals surface area contributed by atoms with E-state index in [1.54, 1.807) is 18.5 Å². The number of pyridine rings is 2. The summed E-state index contributed by atoms with van der Waals surface area (Å²) in [5.41, 5.74) is 8.98. The lowest BCUT2D eigenvalue weighted by atomic mass is 10.1. The molecule has 0 spiro atoms. The summed E-state index contributed by atoms with van der Waals surface area (Å²) in [7, 11) is 1.86. The van der Waals surface area contributed by atoms with Crippen molar-refractivity contribution >= 4 is 17.1 Å². The largest absolute Gasteiger partial charge is 0.366 e. The highest BCUT2D eigenvalue weighted by atomic mass is 16.1. The van der Waals surface area contributed by atoms with Crippen LogP contribution < -0.4 is 5.73 Å². The molecule has 2 N–H and O–H groups in total. The van der Waals surface area contributed by atoms with Crippen molar-refractivity contribution in [3.63, 3.8) is 0 Å². The molecule has 100 valence electrons. The SMILES string of the molecule is Cc1cnc2c(c1)nc(-c1ccncc1C(N)=O)n2C. The number of amides is 1. The van der Waals surface area contributed by atoms with Crippen LogP contribution in [0, 0.1) is 6.92 Å². The maximum atomic E-state index is 11.5. The van der Waals surface area contributed by atoms with Gasteiger partial charge >= 0.3 is 0 Å². The van der Waals surface area contributed by atoms with Gasteiger partial charge in [-0.25, -0.2) is 9.97 Å². The molecule has 0 saturated heterocycles. The van der Waals surface area contributed by atoms with Crippen molar-refractivity contribution in [1.29, 1.82) is 0 Å². The molecule has 0 fully saturated rings. The number of primary amides is 1. The van der Waals surface area contributed by atoms with E-state index in [9.17, 15) is 4.79 Å². The molecular formula is C14H13N5O. The van der Waals surface area contributed by atoms with Crippen LogP contribution in [0.2, 0.25) is 0 Å². The Morgan fingerprint density at radius 3 is 2.90 bits per heavy atom. The number of rotatable bonds is 2. The quantitative estimate of drug-likeness (QED) is 0.761. The van der Waals surface area contributed by atoms with E-state index in [0.29, 0.717) is 17.0 Å². The van der Waals surface area contributed by atoms with Crippen LogP contribution in [0.3, 0.4) is 0 Å². The molecule has 0 aromatic carbocycles. The van der Waals surface area contributed by atoms with E-state index >= 15 is 0 Å². The van der Waals surface area contributed by atoms with Crippen molar-refractivity contribution in [2.45, 2.75) is 6.92 Å². The number of carbonyl (C=O) groups is 1. The molecule has 6 heteroatoms. The molecule has 0 radical (unpaired) electrons. The van der Waals surface area contributed by atoms with Gasteiger partial charge in [0.05, 0.1) is 5.56 Å². The van der Waals surface area contributed by atoms with E-state index in [1.165, 1.54) is 6.20 Å². The lowest BCUT2D eigenvalue weighted by Gasteiger charge is -2.05. The summed E-state index contributed by atoms with van der Waals surface area (Å²) in [5, 5.41) is 0. The van der Waals surface area contributed by atoms with Crippen LogP contribution in [-0.2, 0) is 7.05 Å². The van der Waals surface area contributed by atoms with Gasteiger partial charge in [0, 0.05) is 31.2 Å². The highest BCUT2D eigenvalue weighted by Gasteiger charge is 2.16. The number of fused-ring (bicyclic) bond motifs is 1. The predicted molar refractivity (Wildman–Crippen MR) is 75.0 cm³/mol. The Morgan fingerprint density at radius 2 is 2.15 bits per heavy atom. The predicted octanol–water partition coefficient (Wildman–Crippen LogP) is 1.44. The van der Waals surface area contributed by atoms with Gasteiger partial charge in [0.15, 0.2) is 5.65 Å². The third-order valence-corrected chi connectivity index (χ3v) is 3.17. The fourth-order valence-corrected chi connectivity index (χ4v) is 2.20. The van der Waals surface area contributed by atoms with Gasteiger partial charge < -0.3 is 10.3 Å². The van der Waals surface area contributed by atoms with Crippen molar-refractivity contribution in [2.24, 2.45) is 12.8 Å². The Balaban J connectivity index is 2.30. The smallest absolute Gasteiger partial charge is 0.251 e. The van der Waals surface area contributed by atoms with E-state index < -0.39 is 5.91 Å². The fraction of sp³-hybridized carbons (Fsp3) is 0.143. The summed E-state index contributed by atoms with van der Waals surface area (Å²) in [6.45, 7) is 1.96. The van der Waals surface area contributed by atoms with Crippen LogP contribution in [0.4, 0.5) is 0 Å². The fourth-order valence-electron chi connectivity index (χ4n) is 2.20. The zero-order chi connectivity index (χ0) is 14.3. The van der Waals surface area contributed by atoms with Gasteiger partial charge in [-0.3, -0.25) is 9.78 Å². The summed E-state index contributed by atoms with van der Waals surface area (Å²) in [6.07, 6.45) is 4.85. The zero-order valence-electron chi connectivity index (χ0n) is 11.2. The number of nitrogens with two attached hydrogens (primary N) is 1. The van der Waals surface area contributed by atoms with E-state index in [4.69, 9.17) is 5.73 Å². The first-order valence-electron chi connectivity index (χ1n) is 6.11. The van der Waals surface area contributed by atoms with Crippen LogP contribution in [0.15, 0.2) is 30.7 Å². The monoisotopic (exact) mass is 267 g/mol. The number of carbonyl (C=O) groups excluding carboxylic acids is 1. The van der Waals surface area contributed by atoms with Gasteiger partial charge in [0.1, 0.15) is 11.3 Å². The van der Waals surface area contributed by atoms with Gasteiger partial charge in [0.25, 0.3) is 5.91 Å².